The summed E-state index contributed by atoms with van der Waals surface area (Å²) in [5.74, 6) is -0.375. The monoisotopic (exact) mass is 473 g/mol. The van der Waals surface area contributed by atoms with E-state index < -0.39 is 17.8 Å². The molecule has 0 radical (unpaired) electrons. The third-order valence-corrected chi connectivity index (χ3v) is 6.82. The van der Waals surface area contributed by atoms with Gasteiger partial charge in [-0.1, -0.05) is 54.6 Å². The molecule has 180 valence electrons. The van der Waals surface area contributed by atoms with Crippen LogP contribution in [0.25, 0.3) is 0 Å². The first-order chi connectivity index (χ1) is 17.1. The van der Waals surface area contributed by atoms with Crippen molar-refractivity contribution in [3.8, 4) is 5.75 Å². The number of nitrogens with zero attached hydrogens (tertiary/aromatic N) is 1. The topological polar surface area (TPSA) is 55.8 Å². The first-order valence-corrected chi connectivity index (χ1v) is 12.1. The second-order valence-corrected chi connectivity index (χ2v) is 9.02. The molecule has 3 aromatic carbocycles. The maximum absolute atomic E-state index is 14.5. The smallest absolute Gasteiger partial charge is 0.344 e. The number of benzene rings is 3. The summed E-state index contributed by atoms with van der Waals surface area (Å²) in [6.07, 6.45) is 1.54. The first-order valence-electron chi connectivity index (χ1n) is 12.1. The highest BCUT2D eigenvalue weighted by molar-refractivity contribution is 5.84. The van der Waals surface area contributed by atoms with Crippen LogP contribution in [-0.4, -0.2) is 36.5 Å². The number of rotatable bonds is 7. The molecule has 1 aliphatic heterocycles. The number of amides is 1. The minimum Gasteiger partial charge on any atom is -0.482 e. The lowest BCUT2D eigenvalue weighted by molar-refractivity contribution is -0.145. The van der Waals surface area contributed by atoms with Crippen molar-refractivity contribution >= 4 is 11.9 Å². The highest BCUT2D eigenvalue weighted by atomic mass is 19.1. The Morgan fingerprint density at radius 2 is 1.77 bits per heavy atom. The van der Waals surface area contributed by atoms with Crippen molar-refractivity contribution in [2.24, 2.45) is 5.92 Å². The Bertz CT molecular complexity index is 1230. The number of ether oxygens (including phenoxy) is 2. The number of hydrogen-bond acceptors (Lipinski definition) is 4. The number of fused-ring (bicyclic) bond motifs is 1. The molecule has 5 nitrogen and oxygen atoms in total. The van der Waals surface area contributed by atoms with Gasteiger partial charge in [-0.15, -0.1) is 0 Å². The van der Waals surface area contributed by atoms with Crippen LogP contribution in [0.2, 0.25) is 0 Å². The van der Waals surface area contributed by atoms with E-state index in [1.807, 2.05) is 47.4 Å². The molecule has 0 aromatic heterocycles. The van der Waals surface area contributed by atoms with Crippen LogP contribution < -0.4 is 4.74 Å². The van der Waals surface area contributed by atoms with Crippen molar-refractivity contribution in [3.05, 3.63) is 101 Å². The molecule has 1 amide bonds. The van der Waals surface area contributed by atoms with Gasteiger partial charge in [0.1, 0.15) is 11.6 Å². The summed E-state index contributed by atoms with van der Waals surface area (Å²) in [6, 6.07) is 21.8. The molecule has 1 heterocycles. The molecule has 5 rings (SSSR count). The van der Waals surface area contributed by atoms with Crippen molar-refractivity contribution in [2.45, 2.75) is 31.7 Å². The Morgan fingerprint density at radius 3 is 2.57 bits per heavy atom. The fraction of sp³-hybridized carbons (Fsp3) is 0.310. The highest BCUT2D eigenvalue weighted by Gasteiger charge is 2.48. The second-order valence-electron chi connectivity index (χ2n) is 9.02. The molecule has 0 unspecified atom stereocenters. The quantitative estimate of drug-likeness (QED) is 0.451. The van der Waals surface area contributed by atoms with E-state index in [0.29, 0.717) is 17.9 Å². The van der Waals surface area contributed by atoms with Crippen molar-refractivity contribution in [2.75, 3.05) is 19.8 Å². The van der Waals surface area contributed by atoms with E-state index >= 15 is 0 Å². The van der Waals surface area contributed by atoms with E-state index in [9.17, 15) is 14.0 Å². The number of carbonyl (C=O) groups excluding carboxylic acids is 2. The zero-order valence-electron chi connectivity index (χ0n) is 19.7. The minimum atomic E-state index is -0.502. The standard InChI is InChI=1S/C29H28FNO4/c1-2-34-27(32)18-35-26-13-12-21(30)16-25(26)28-22-11-7-6-10-20(22)14-15-31(28)29(33)24-17-23(24)19-8-4-3-5-9-19/h3-13,16,23-24,28H,2,14-15,17-18H2,1H3/t23-,24+,28-/m0/s1. The van der Waals surface area contributed by atoms with Gasteiger partial charge in [-0.25, -0.2) is 9.18 Å². The number of halogens is 1. The molecule has 3 atom stereocenters. The average Bonchev–Trinajstić information content (AvgIpc) is 3.69. The van der Waals surface area contributed by atoms with Crippen LogP contribution >= 0.6 is 0 Å². The zero-order chi connectivity index (χ0) is 24.4. The average molecular weight is 474 g/mol. The summed E-state index contributed by atoms with van der Waals surface area (Å²) < 4.78 is 25.3. The van der Waals surface area contributed by atoms with Gasteiger partial charge in [-0.05, 0) is 60.6 Å². The summed E-state index contributed by atoms with van der Waals surface area (Å²) in [6.45, 7) is 2.23. The van der Waals surface area contributed by atoms with Gasteiger partial charge in [-0.3, -0.25) is 4.79 Å². The van der Waals surface area contributed by atoms with Crippen LogP contribution in [0, 0.1) is 11.7 Å². The van der Waals surface area contributed by atoms with Gasteiger partial charge in [0.25, 0.3) is 0 Å². The fourth-order valence-electron chi connectivity index (χ4n) is 5.09. The molecule has 0 N–H and O–H groups in total. The van der Waals surface area contributed by atoms with Crippen LogP contribution in [0.1, 0.15) is 47.6 Å². The summed E-state index contributed by atoms with van der Waals surface area (Å²) in [5, 5.41) is 0. The Morgan fingerprint density at radius 1 is 1.00 bits per heavy atom. The van der Waals surface area contributed by atoms with Crippen molar-refractivity contribution in [1.82, 2.24) is 4.90 Å². The van der Waals surface area contributed by atoms with Crippen LogP contribution in [-0.2, 0) is 20.7 Å². The predicted octanol–water partition coefficient (Wildman–Crippen LogP) is 5.05. The van der Waals surface area contributed by atoms with E-state index in [4.69, 9.17) is 9.47 Å². The normalized spacial score (nSPS) is 20.6. The summed E-state index contributed by atoms with van der Waals surface area (Å²) >= 11 is 0. The van der Waals surface area contributed by atoms with E-state index in [2.05, 4.69) is 12.1 Å². The minimum absolute atomic E-state index is 0.0685. The van der Waals surface area contributed by atoms with E-state index in [1.54, 1.807) is 6.92 Å². The molecule has 3 aromatic rings. The van der Waals surface area contributed by atoms with Crippen LogP contribution in [0.5, 0.6) is 5.75 Å². The summed E-state index contributed by atoms with van der Waals surface area (Å²) in [4.78, 5) is 27.6. The van der Waals surface area contributed by atoms with E-state index in [-0.39, 0.29) is 31.0 Å². The Labute approximate surface area is 204 Å². The maximum atomic E-state index is 14.5. The fourth-order valence-corrected chi connectivity index (χ4v) is 5.09. The van der Waals surface area contributed by atoms with Gasteiger partial charge in [0.15, 0.2) is 6.61 Å². The molecular weight excluding hydrogens is 445 g/mol. The number of esters is 1. The molecule has 35 heavy (non-hydrogen) atoms. The molecule has 1 fully saturated rings. The third kappa shape index (κ3) is 4.78. The largest absolute Gasteiger partial charge is 0.482 e. The van der Waals surface area contributed by atoms with Crippen LogP contribution in [0.3, 0.4) is 0 Å². The molecule has 6 heteroatoms. The summed E-state index contributed by atoms with van der Waals surface area (Å²) in [7, 11) is 0. The van der Waals surface area contributed by atoms with Crippen LogP contribution in [0.4, 0.5) is 4.39 Å². The lowest BCUT2D eigenvalue weighted by Gasteiger charge is -2.38. The Kier molecular flexibility index (Phi) is 6.53. The summed E-state index contributed by atoms with van der Waals surface area (Å²) in [5.41, 5.74) is 3.78. The van der Waals surface area contributed by atoms with Gasteiger partial charge in [-0.2, -0.15) is 0 Å². The predicted molar refractivity (Wildman–Crippen MR) is 130 cm³/mol. The zero-order valence-corrected chi connectivity index (χ0v) is 19.7. The Balaban J connectivity index is 1.49. The molecule has 0 saturated heterocycles. The van der Waals surface area contributed by atoms with Gasteiger partial charge in [0.05, 0.1) is 12.6 Å². The lowest BCUT2D eigenvalue weighted by Crippen LogP contribution is -2.41. The van der Waals surface area contributed by atoms with Crippen molar-refractivity contribution < 1.29 is 23.5 Å². The number of carbonyl (C=O) groups is 2. The molecule has 2 aliphatic rings. The highest BCUT2D eigenvalue weighted by Crippen LogP contribution is 2.50. The number of hydrogen-bond donors (Lipinski definition) is 0. The first kappa shape index (κ1) is 23.1. The van der Waals surface area contributed by atoms with Gasteiger partial charge < -0.3 is 14.4 Å². The van der Waals surface area contributed by atoms with Gasteiger partial charge >= 0.3 is 5.97 Å². The Hall–Kier alpha value is -3.67. The van der Waals surface area contributed by atoms with Crippen molar-refractivity contribution in [1.29, 1.82) is 0 Å². The molecule has 1 aliphatic carbocycles. The lowest BCUT2D eigenvalue weighted by atomic mass is 9.87. The third-order valence-electron chi connectivity index (χ3n) is 6.82. The second kappa shape index (κ2) is 9.90. The van der Waals surface area contributed by atoms with Gasteiger partial charge in [0.2, 0.25) is 5.91 Å². The SMILES string of the molecule is CCOC(=O)COc1ccc(F)cc1[C@@H]1c2ccccc2CCN1C(=O)[C@@H]1C[C@H]1c1ccccc1. The van der Waals surface area contributed by atoms with Crippen molar-refractivity contribution in [3.63, 3.8) is 0 Å². The van der Waals surface area contributed by atoms with Crippen LogP contribution in [0.15, 0.2) is 72.8 Å². The van der Waals surface area contributed by atoms with Gasteiger partial charge in [0, 0.05) is 18.0 Å². The molecule has 1 saturated carbocycles. The maximum Gasteiger partial charge on any atom is 0.344 e. The molecular formula is C29H28FNO4. The molecule has 0 bridgehead atoms. The van der Waals surface area contributed by atoms with E-state index in [0.717, 1.165) is 24.0 Å². The molecule has 0 spiro atoms. The van der Waals surface area contributed by atoms with E-state index in [1.165, 1.54) is 23.8 Å².